The van der Waals surface area contributed by atoms with E-state index in [0.29, 0.717) is 17.3 Å². The largest absolute Gasteiger partial charge is 0.469 e. The highest BCUT2D eigenvalue weighted by molar-refractivity contribution is 7.17. The van der Waals surface area contributed by atoms with E-state index in [-0.39, 0.29) is 17.8 Å². The van der Waals surface area contributed by atoms with Crippen molar-refractivity contribution in [2.75, 3.05) is 0 Å². The Morgan fingerprint density at radius 3 is 2.67 bits per heavy atom. The number of benzene rings is 1. The summed E-state index contributed by atoms with van der Waals surface area (Å²) < 4.78 is 24.3. The Labute approximate surface area is 159 Å². The molecule has 27 heavy (non-hydrogen) atoms. The van der Waals surface area contributed by atoms with Gasteiger partial charge >= 0.3 is 0 Å². The number of hydrogen-bond donors (Lipinski definition) is 0. The van der Waals surface area contributed by atoms with Crippen LogP contribution >= 0.6 is 11.3 Å². The van der Waals surface area contributed by atoms with Crippen LogP contribution in [-0.4, -0.2) is 15.1 Å². The zero-order chi connectivity index (χ0) is 19.0. The molecule has 4 rings (SSSR count). The standard InChI is InChI=1S/C20H18FN3O2S/c1-20(2,3)15-10-27-19-17(15)18(22-11-23-19)25-9-14-8-16(24-26-14)12-4-6-13(21)7-5-12/h4-8,10-11H,9H2,1-3H3. The molecule has 1 aromatic carbocycles. The lowest BCUT2D eigenvalue weighted by Gasteiger charge is -2.18. The molecule has 0 amide bonds. The minimum Gasteiger partial charge on any atom is -0.469 e. The molecule has 7 heteroatoms. The molecule has 0 aliphatic heterocycles. The number of rotatable bonds is 4. The Kier molecular flexibility index (Phi) is 4.39. The monoisotopic (exact) mass is 383 g/mol. The van der Waals surface area contributed by atoms with E-state index in [1.165, 1.54) is 18.5 Å². The summed E-state index contributed by atoms with van der Waals surface area (Å²) >= 11 is 1.58. The zero-order valence-electron chi connectivity index (χ0n) is 15.2. The number of thiophene rings is 1. The Hall–Kier alpha value is -2.80. The summed E-state index contributed by atoms with van der Waals surface area (Å²) in [6, 6.07) is 7.88. The molecular formula is C20H18FN3O2S. The predicted octanol–water partition coefficient (Wildman–Crippen LogP) is 5.36. The van der Waals surface area contributed by atoms with Crippen molar-refractivity contribution in [1.82, 2.24) is 15.1 Å². The van der Waals surface area contributed by atoms with Crippen molar-refractivity contribution in [2.45, 2.75) is 32.8 Å². The molecule has 138 valence electrons. The summed E-state index contributed by atoms with van der Waals surface area (Å²) in [4.78, 5) is 9.55. The summed E-state index contributed by atoms with van der Waals surface area (Å²) in [6.45, 7) is 6.64. The van der Waals surface area contributed by atoms with E-state index >= 15 is 0 Å². The van der Waals surface area contributed by atoms with Gasteiger partial charge in [0.2, 0.25) is 5.88 Å². The lowest BCUT2D eigenvalue weighted by molar-refractivity contribution is 0.244. The molecule has 0 spiro atoms. The Morgan fingerprint density at radius 2 is 1.93 bits per heavy atom. The first kappa shape index (κ1) is 17.6. The number of ether oxygens (including phenoxy) is 1. The van der Waals surface area contributed by atoms with Crippen LogP contribution in [0.4, 0.5) is 4.39 Å². The van der Waals surface area contributed by atoms with E-state index < -0.39 is 0 Å². The van der Waals surface area contributed by atoms with Crippen LogP contribution in [0.1, 0.15) is 32.1 Å². The summed E-state index contributed by atoms with van der Waals surface area (Å²) in [7, 11) is 0. The van der Waals surface area contributed by atoms with Gasteiger partial charge in [0, 0.05) is 11.6 Å². The van der Waals surface area contributed by atoms with Crippen LogP contribution in [0.15, 0.2) is 46.6 Å². The molecule has 3 heterocycles. The van der Waals surface area contributed by atoms with Crippen LogP contribution in [0.3, 0.4) is 0 Å². The van der Waals surface area contributed by atoms with Crippen LogP contribution in [0.25, 0.3) is 21.5 Å². The summed E-state index contributed by atoms with van der Waals surface area (Å²) in [5, 5.41) is 7.07. The van der Waals surface area contributed by atoms with Gasteiger partial charge in [0.05, 0.1) is 5.39 Å². The molecule has 3 aromatic heterocycles. The first-order valence-electron chi connectivity index (χ1n) is 8.49. The molecule has 0 N–H and O–H groups in total. The minimum atomic E-state index is -0.288. The molecule has 0 bridgehead atoms. The molecule has 0 saturated carbocycles. The van der Waals surface area contributed by atoms with Crippen molar-refractivity contribution in [3.05, 3.63) is 59.2 Å². The maximum atomic E-state index is 13.1. The minimum absolute atomic E-state index is 0.0386. The van der Waals surface area contributed by atoms with E-state index in [0.717, 1.165) is 21.3 Å². The number of halogens is 1. The third kappa shape index (κ3) is 3.55. The summed E-state index contributed by atoms with van der Waals surface area (Å²) in [5.74, 6) is 0.809. The van der Waals surface area contributed by atoms with Crippen molar-refractivity contribution in [3.63, 3.8) is 0 Å². The van der Waals surface area contributed by atoms with Crippen LogP contribution in [0.5, 0.6) is 5.88 Å². The number of aromatic nitrogens is 3. The third-order valence-electron chi connectivity index (χ3n) is 4.19. The van der Waals surface area contributed by atoms with Crippen LogP contribution in [0.2, 0.25) is 0 Å². The fraction of sp³-hybridized carbons (Fsp3) is 0.250. The quantitative estimate of drug-likeness (QED) is 0.475. The van der Waals surface area contributed by atoms with Gasteiger partial charge in [-0.15, -0.1) is 11.3 Å². The van der Waals surface area contributed by atoms with Gasteiger partial charge in [-0.1, -0.05) is 25.9 Å². The molecule has 5 nitrogen and oxygen atoms in total. The second-order valence-electron chi connectivity index (χ2n) is 7.23. The van der Waals surface area contributed by atoms with E-state index in [2.05, 4.69) is 41.3 Å². The Morgan fingerprint density at radius 1 is 1.15 bits per heavy atom. The Balaban J connectivity index is 1.58. The maximum Gasteiger partial charge on any atom is 0.226 e. The molecule has 0 fully saturated rings. The SMILES string of the molecule is CC(C)(C)c1csc2ncnc(OCc3cc(-c4ccc(F)cc4)no3)c12. The second-order valence-corrected chi connectivity index (χ2v) is 8.09. The van der Waals surface area contributed by atoms with Gasteiger partial charge in [-0.3, -0.25) is 0 Å². The average molecular weight is 383 g/mol. The highest BCUT2D eigenvalue weighted by Crippen LogP contribution is 2.38. The third-order valence-corrected chi connectivity index (χ3v) is 5.08. The van der Waals surface area contributed by atoms with Gasteiger partial charge in [0.15, 0.2) is 12.4 Å². The van der Waals surface area contributed by atoms with E-state index in [1.54, 1.807) is 29.5 Å². The number of hydrogen-bond acceptors (Lipinski definition) is 6. The summed E-state index contributed by atoms with van der Waals surface area (Å²) in [6.07, 6.45) is 1.50. The first-order chi connectivity index (χ1) is 12.9. The fourth-order valence-electron chi connectivity index (χ4n) is 2.79. The number of nitrogens with zero attached hydrogens (tertiary/aromatic N) is 3. The lowest BCUT2D eigenvalue weighted by Crippen LogP contribution is -2.11. The van der Waals surface area contributed by atoms with Gasteiger partial charge in [-0.05, 0) is 40.6 Å². The van der Waals surface area contributed by atoms with Crippen molar-refractivity contribution in [2.24, 2.45) is 0 Å². The van der Waals surface area contributed by atoms with Gasteiger partial charge in [-0.25, -0.2) is 14.4 Å². The molecule has 0 unspecified atom stereocenters. The molecule has 0 radical (unpaired) electrons. The maximum absolute atomic E-state index is 13.1. The molecule has 0 aliphatic carbocycles. The molecule has 0 atom stereocenters. The Bertz CT molecular complexity index is 1080. The topological polar surface area (TPSA) is 61.0 Å². The van der Waals surface area contributed by atoms with E-state index in [1.807, 2.05) is 0 Å². The second kappa shape index (κ2) is 6.74. The van der Waals surface area contributed by atoms with Crippen LogP contribution in [-0.2, 0) is 12.0 Å². The highest BCUT2D eigenvalue weighted by Gasteiger charge is 2.22. The van der Waals surface area contributed by atoms with E-state index in [9.17, 15) is 4.39 Å². The van der Waals surface area contributed by atoms with E-state index in [4.69, 9.17) is 9.26 Å². The van der Waals surface area contributed by atoms with Crippen molar-refractivity contribution >= 4 is 21.6 Å². The van der Waals surface area contributed by atoms with Crippen LogP contribution < -0.4 is 4.74 Å². The fourth-order valence-corrected chi connectivity index (χ4v) is 3.91. The van der Waals surface area contributed by atoms with Crippen LogP contribution in [0, 0.1) is 5.82 Å². The van der Waals surface area contributed by atoms with Gasteiger partial charge in [0.1, 0.15) is 22.7 Å². The van der Waals surface area contributed by atoms with Gasteiger partial charge in [0.25, 0.3) is 0 Å². The molecule has 0 aliphatic rings. The van der Waals surface area contributed by atoms with Crippen molar-refractivity contribution in [3.8, 4) is 17.1 Å². The zero-order valence-corrected chi connectivity index (χ0v) is 16.0. The van der Waals surface area contributed by atoms with Gasteiger partial charge in [-0.2, -0.15) is 0 Å². The first-order valence-corrected chi connectivity index (χ1v) is 9.37. The summed E-state index contributed by atoms with van der Waals surface area (Å²) in [5.41, 5.74) is 2.53. The molecule has 4 aromatic rings. The smallest absolute Gasteiger partial charge is 0.226 e. The van der Waals surface area contributed by atoms with Crippen molar-refractivity contribution in [1.29, 1.82) is 0 Å². The predicted molar refractivity (Wildman–Crippen MR) is 102 cm³/mol. The normalized spacial score (nSPS) is 11.9. The average Bonchev–Trinajstić information content (AvgIpc) is 3.27. The highest BCUT2D eigenvalue weighted by atomic mass is 32.1. The lowest BCUT2D eigenvalue weighted by atomic mass is 9.87. The number of fused-ring (bicyclic) bond motifs is 1. The van der Waals surface area contributed by atoms with Crippen molar-refractivity contribution < 1.29 is 13.7 Å². The van der Waals surface area contributed by atoms with Gasteiger partial charge < -0.3 is 9.26 Å². The molecule has 0 saturated heterocycles. The molecular weight excluding hydrogens is 365 g/mol.